The first-order chi connectivity index (χ1) is 15.1. The van der Waals surface area contributed by atoms with Gasteiger partial charge in [0.2, 0.25) is 0 Å². The Kier molecular flexibility index (Phi) is 6.15. The third-order valence-electron chi connectivity index (χ3n) is 4.64. The monoisotopic (exact) mass is 430 g/mol. The standard InChI is InChI=1S/C25H19ClN2O3/c26-22-7-3-4-8-23(22)28-25(30)18-9-12-20(13-10-18)27-24(29)16-31-21-14-11-17-5-1-2-6-19(17)15-21/h1-15H,16H2,(H,27,29)(H,28,30). The minimum atomic E-state index is -0.290. The van der Waals surface area contributed by atoms with Crippen molar-refractivity contribution in [1.29, 1.82) is 0 Å². The summed E-state index contributed by atoms with van der Waals surface area (Å²) in [4.78, 5) is 24.6. The van der Waals surface area contributed by atoms with E-state index in [0.29, 0.717) is 27.7 Å². The van der Waals surface area contributed by atoms with E-state index < -0.39 is 0 Å². The molecule has 0 unspecified atom stereocenters. The molecule has 4 aromatic carbocycles. The number of halogens is 1. The van der Waals surface area contributed by atoms with E-state index in [9.17, 15) is 9.59 Å². The van der Waals surface area contributed by atoms with Gasteiger partial charge in [-0.25, -0.2) is 0 Å². The summed E-state index contributed by atoms with van der Waals surface area (Å²) in [5.41, 5.74) is 1.56. The van der Waals surface area contributed by atoms with Crippen molar-refractivity contribution in [2.75, 3.05) is 17.2 Å². The SMILES string of the molecule is O=C(COc1ccc2ccccc2c1)Nc1ccc(C(=O)Nc2ccccc2Cl)cc1. The number of hydrogen-bond acceptors (Lipinski definition) is 3. The van der Waals surface area contributed by atoms with Crippen molar-refractivity contribution in [3.05, 3.63) is 102 Å². The number of ether oxygens (including phenoxy) is 1. The molecule has 5 nitrogen and oxygen atoms in total. The van der Waals surface area contributed by atoms with Gasteiger partial charge < -0.3 is 15.4 Å². The Balaban J connectivity index is 1.32. The molecule has 0 radical (unpaired) electrons. The Labute approximate surface area is 184 Å². The fourth-order valence-electron chi connectivity index (χ4n) is 3.07. The largest absolute Gasteiger partial charge is 0.484 e. The summed E-state index contributed by atoms with van der Waals surface area (Å²) < 4.78 is 5.60. The van der Waals surface area contributed by atoms with Gasteiger partial charge in [-0.05, 0) is 59.3 Å². The minimum absolute atomic E-state index is 0.118. The number of amides is 2. The number of para-hydroxylation sites is 1. The summed E-state index contributed by atoms with van der Waals surface area (Å²) in [5.74, 6) is 0.0486. The second-order valence-corrected chi connectivity index (χ2v) is 7.26. The lowest BCUT2D eigenvalue weighted by Crippen LogP contribution is -2.20. The molecule has 0 saturated heterocycles. The van der Waals surface area contributed by atoms with Crippen molar-refractivity contribution < 1.29 is 14.3 Å². The molecular formula is C25H19ClN2O3. The normalized spacial score (nSPS) is 10.5. The molecule has 0 saturated carbocycles. The number of hydrogen-bond donors (Lipinski definition) is 2. The maximum Gasteiger partial charge on any atom is 0.262 e. The van der Waals surface area contributed by atoms with E-state index in [2.05, 4.69) is 10.6 Å². The van der Waals surface area contributed by atoms with Crippen LogP contribution in [0, 0.1) is 0 Å². The number of carbonyl (C=O) groups excluding carboxylic acids is 2. The van der Waals surface area contributed by atoms with Crippen molar-refractivity contribution in [1.82, 2.24) is 0 Å². The molecule has 0 fully saturated rings. The summed E-state index contributed by atoms with van der Waals surface area (Å²) in [5, 5.41) is 8.14. The van der Waals surface area contributed by atoms with E-state index in [1.54, 1.807) is 48.5 Å². The van der Waals surface area contributed by atoms with Gasteiger partial charge in [0.1, 0.15) is 5.75 Å². The predicted molar refractivity (Wildman–Crippen MR) is 124 cm³/mol. The molecule has 2 amide bonds. The zero-order valence-corrected chi connectivity index (χ0v) is 17.2. The van der Waals surface area contributed by atoms with Crippen LogP contribution in [0.3, 0.4) is 0 Å². The molecule has 0 bridgehead atoms. The van der Waals surface area contributed by atoms with Crippen LogP contribution < -0.4 is 15.4 Å². The van der Waals surface area contributed by atoms with Crippen LogP contribution in [0.4, 0.5) is 11.4 Å². The summed E-state index contributed by atoms with van der Waals surface area (Å²) in [6, 6.07) is 27.2. The van der Waals surface area contributed by atoms with Crippen LogP contribution in [-0.4, -0.2) is 18.4 Å². The molecular weight excluding hydrogens is 412 g/mol. The van der Waals surface area contributed by atoms with E-state index in [1.807, 2.05) is 42.5 Å². The van der Waals surface area contributed by atoms with Gasteiger partial charge in [-0.1, -0.05) is 54.1 Å². The lowest BCUT2D eigenvalue weighted by Gasteiger charge is -2.10. The van der Waals surface area contributed by atoms with E-state index in [4.69, 9.17) is 16.3 Å². The summed E-state index contributed by atoms with van der Waals surface area (Å²) in [6.45, 7) is -0.118. The second-order valence-electron chi connectivity index (χ2n) is 6.86. The fraction of sp³-hybridized carbons (Fsp3) is 0.0400. The predicted octanol–water partition coefficient (Wildman–Crippen LogP) is 5.76. The van der Waals surface area contributed by atoms with Crippen molar-refractivity contribution in [2.24, 2.45) is 0 Å². The van der Waals surface area contributed by atoms with E-state index >= 15 is 0 Å². The zero-order valence-electron chi connectivity index (χ0n) is 16.5. The molecule has 31 heavy (non-hydrogen) atoms. The molecule has 0 spiro atoms. The maximum absolute atomic E-state index is 12.4. The van der Waals surface area contributed by atoms with Crippen molar-refractivity contribution in [3.8, 4) is 5.75 Å². The van der Waals surface area contributed by atoms with Crippen LogP contribution in [0.1, 0.15) is 10.4 Å². The average molecular weight is 431 g/mol. The molecule has 0 aliphatic rings. The molecule has 2 N–H and O–H groups in total. The number of benzene rings is 4. The fourth-order valence-corrected chi connectivity index (χ4v) is 3.25. The lowest BCUT2D eigenvalue weighted by atomic mass is 10.1. The van der Waals surface area contributed by atoms with Crippen LogP contribution in [0.5, 0.6) is 5.75 Å². The first kappa shape index (κ1) is 20.4. The number of nitrogens with one attached hydrogen (secondary N) is 2. The Morgan fingerprint density at radius 3 is 2.26 bits per heavy atom. The van der Waals surface area contributed by atoms with Gasteiger partial charge in [0.25, 0.3) is 11.8 Å². The molecule has 4 aromatic rings. The second kappa shape index (κ2) is 9.32. The van der Waals surface area contributed by atoms with Crippen LogP contribution in [0.2, 0.25) is 5.02 Å². The van der Waals surface area contributed by atoms with Crippen LogP contribution in [-0.2, 0) is 4.79 Å². The minimum Gasteiger partial charge on any atom is -0.484 e. The van der Waals surface area contributed by atoms with Crippen LogP contribution in [0.25, 0.3) is 10.8 Å². The third kappa shape index (κ3) is 5.21. The lowest BCUT2D eigenvalue weighted by molar-refractivity contribution is -0.118. The third-order valence-corrected chi connectivity index (χ3v) is 4.97. The highest BCUT2D eigenvalue weighted by atomic mass is 35.5. The van der Waals surface area contributed by atoms with Gasteiger partial charge in [-0.15, -0.1) is 0 Å². The Bertz CT molecular complexity index is 1240. The molecule has 0 heterocycles. The number of fused-ring (bicyclic) bond motifs is 1. The van der Waals surface area contributed by atoms with Crippen LogP contribution in [0.15, 0.2) is 91.0 Å². The Morgan fingerprint density at radius 2 is 1.48 bits per heavy atom. The smallest absolute Gasteiger partial charge is 0.262 e. The maximum atomic E-state index is 12.4. The summed E-state index contributed by atoms with van der Waals surface area (Å²) in [6.07, 6.45) is 0. The van der Waals surface area contributed by atoms with Crippen molar-refractivity contribution >= 4 is 45.6 Å². The van der Waals surface area contributed by atoms with Gasteiger partial charge in [-0.2, -0.15) is 0 Å². The van der Waals surface area contributed by atoms with Crippen molar-refractivity contribution in [2.45, 2.75) is 0 Å². The highest BCUT2D eigenvalue weighted by molar-refractivity contribution is 6.33. The summed E-state index contributed by atoms with van der Waals surface area (Å²) >= 11 is 6.07. The van der Waals surface area contributed by atoms with Gasteiger partial charge in [0.05, 0.1) is 10.7 Å². The molecule has 4 rings (SSSR count). The summed E-state index contributed by atoms with van der Waals surface area (Å²) in [7, 11) is 0. The molecule has 0 aliphatic heterocycles. The van der Waals surface area contributed by atoms with Gasteiger partial charge >= 0.3 is 0 Å². The average Bonchev–Trinajstić information content (AvgIpc) is 2.79. The highest BCUT2D eigenvalue weighted by Crippen LogP contribution is 2.22. The van der Waals surface area contributed by atoms with E-state index in [1.165, 1.54) is 0 Å². The van der Waals surface area contributed by atoms with Crippen LogP contribution >= 0.6 is 11.6 Å². The number of carbonyl (C=O) groups is 2. The molecule has 154 valence electrons. The quantitative estimate of drug-likeness (QED) is 0.408. The topological polar surface area (TPSA) is 67.4 Å². The van der Waals surface area contributed by atoms with Gasteiger partial charge in [0, 0.05) is 11.3 Å². The van der Waals surface area contributed by atoms with Crippen molar-refractivity contribution in [3.63, 3.8) is 0 Å². The molecule has 0 aliphatic carbocycles. The Hall–Kier alpha value is -3.83. The molecule has 0 aromatic heterocycles. The van der Waals surface area contributed by atoms with Gasteiger partial charge in [-0.3, -0.25) is 9.59 Å². The first-order valence-corrected chi connectivity index (χ1v) is 10.0. The number of anilines is 2. The Morgan fingerprint density at radius 1 is 0.774 bits per heavy atom. The molecule has 6 heteroatoms. The molecule has 0 atom stereocenters. The van der Waals surface area contributed by atoms with E-state index in [-0.39, 0.29) is 18.4 Å². The van der Waals surface area contributed by atoms with Gasteiger partial charge in [0.15, 0.2) is 6.61 Å². The van der Waals surface area contributed by atoms with E-state index in [0.717, 1.165) is 10.8 Å². The highest BCUT2D eigenvalue weighted by Gasteiger charge is 2.09. The zero-order chi connectivity index (χ0) is 21.6. The first-order valence-electron chi connectivity index (χ1n) is 9.66. The number of rotatable bonds is 6.